The predicted molar refractivity (Wildman–Crippen MR) is 79.8 cm³/mol. The summed E-state index contributed by atoms with van der Waals surface area (Å²) in [7, 11) is 4.80. The number of benzene rings is 1. The highest BCUT2D eigenvalue weighted by molar-refractivity contribution is 6.01. The molecule has 4 amide bonds. The quantitative estimate of drug-likeness (QED) is 0.829. The van der Waals surface area contributed by atoms with Crippen LogP contribution in [0.4, 0.5) is 14.9 Å². The fraction of sp³-hybridized carbons (Fsp3) is 0.357. The van der Waals surface area contributed by atoms with Crippen molar-refractivity contribution in [2.24, 2.45) is 0 Å². The minimum absolute atomic E-state index is 0.0241. The smallest absolute Gasteiger partial charge is 0.326 e. The number of amides is 4. The van der Waals surface area contributed by atoms with Crippen LogP contribution in [0.3, 0.4) is 0 Å². The standard InChI is InChI=1S/C14H19FN4O3/c1-18(2)13(21)9-19(3)8-12(20)17-14(22)16-11-7-5-4-6-10(11)15/h4-7H,8-9H2,1-3H3,(H2,16,17,20,22). The summed E-state index contributed by atoms with van der Waals surface area (Å²) < 4.78 is 13.3. The summed E-state index contributed by atoms with van der Waals surface area (Å²) in [6.45, 7) is -0.0837. The molecule has 0 unspecified atom stereocenters. The molecule has 0 saturated carbocycles. The van der Waals surface area contributed by atoms with E-state index in [0.29, 0.717) is 0 Å². The van der Waals surface area contributed by atoms with E-state index in [4.69, 9.17) is 0 Å². The number of hydrogen-bond donors (Lipinski definition) is 2. The first-order valence-corrected chi connectivity index (χ1v) is 6.53. The number of likely N-dealkylation sites (N-methyl/N-ethyl adjacent to an activating group) is 2. The van der Waals surface area contributed by atoms with E-state index in [-0.39, 0.29) is 24.7 Å². The molecule has 120 valence electrons. The van der Waals surface area contributed by atoms with E-state index in [0.717, 1.165) is 0 Å². The van der Waals surface area contributed by atoms with Crippen LogP contribution < -0.4 is 10.6 Å². The molecule has 1 rings (SSSR count). The van der Waals surface area contributed by atoms with Crippen molar-refractivity contribution in [2.75, 3.05) is 39.5 Å². The van der Waals surface area contributed by atoms with Gasteiger partial charge in [0, 0.05) is 14.1 Å². The molecular formula is C14H19FN4O3. The van der Waals surface area contributed by atoms with Crippen LogP contribution in [0.1, 0.15) is 0 Å². The van der Waals surface area contributed by atoms with Crippen LogP contribution in [0, 0.1) is 5.82 Å². The van der Waals surface area contributed by atoms with Crippen LogP contribution in [0.2, 0.25) is 0 Å². The van der Waals surface area contributed by atoms with E-state index in [9.17, 15) is 18.8 Å². The van der Waals surface area contributed by atoms with Gasteiger partial charge in [0.2, 0.25) is 11.8 Å². The number of halogens is 1. The second kappa shape index (κ2) is 8.08. The van der Waals surface area contributed by atoms with Crippen molar-refractivity contribution in [3.63, 3.8) is 0 Å². The molecule has 0 fully saturated rings. The molecule has 7 nitrogen and oxygen atoms in total. The third-order valence-corrected chi connectivity index (χ3v) is 2.69. The van der Waals surface area contributed by atoms with Gasteiger partial charge in [-0.25, -0.2) is 9.18 Å². The molecule has 0 bridgehead atoms. The Kier molecular flexibility index (Phi) is 6.46. The predicted octanol–water partition coefficient (Wildman–Crippen LogP) is 0.494. The van der Waals surface area contributed by atoms with Gasteiger partial charge in [-0.3, -0.25) is 19.8 Å². The molecular weight excluding hydrogens is 291 g/mol. The van der Waals surface area contributed by atoms with E-state index in [1.807, 2.05) is 0 Å². The van der Waals surface area contributed by atoms with Gasteiger partial charge in [0.15, 0.2) is 0 Å². The molecule has 0 aromatic heterocycles. The summed E-state index contributed by atoms with van der Waals surface area (Å²) in [4.78, 5) is 37.6. The van der Waals surface area contributed by atoms with Crippen molar-refractivity contribution in [3.05, 3.63) is 30.1 Å². The van der Waals surface area contributed by atoms with Gasteiger partial charge in [-0.15, -0.1) is 0 Å². The molecule has 0 saturated heterocycles. The molecule has 0 atom stereocenters. The van der Waals surface area contributed by atoms with Crippen LogP contribution in [0.25, 0.3) is 0 Å². The number of hydrogen-bond acceptors (Lipinski definition) is 4. The average molecular weight is 310 g/mol. The van der Waals surface area contributed by atoms with Crippen LogP contribution in [-0.4, -0.2) is 61.9 Å². The Balaban J connectivity index is 2.43. The van der Waals surface area contributed by atoms with Crippen LogP contribution in [0.5, 0.6) is 0 Å². The monoisotopic (exact) mass is 310 g/mol. The fourth-order valence-electron chi connectivity index (χ4n) is 1.56. The lowest BCUT2D eigenvalue weighted by molar-refractivity contribution is -0.130. The number of urea groups is 1. The van der Waals surface area contributed by atoms with Gasteiger partial charge < -0.3 is 10.2 Å². The molecule has 8 heteroatoms. The van der Waals surface area contributed by atoms with Crippen LogP contribution in [-0.2, 0) is 9.59 Å². The molecule has 22 heavy (non-hydrogen) atoms. The highest BCUT2D eigenvalue weighted by atomic mass is 19.1. The maximum Gasteiger partial charge on any atom is 0.326 e. The lowest BCUT2D eigenvalue weighted by Gasteiger charge is -2.18. The molecule has 0 radical (unpaired) electrons. The minimum atomic E-state index is -0.831. The Hall–Kier alpha value is -2.48. The van der Waals surface area contributed by atoms with E-state index in [1.54, 1.807) is 27.2 Å². The van der Waals surface area contributed by atoms with Crippen molar-refractivity contribution >= 4 is 23.5 Å². The number of anilines is 1. The zero-order valence-corrected chi connectivity index (χ0v) is 12.7. The highest BCUT2D eigenvalue weighted by Crippen LogP contribution is 2.11. The minimum Gasteiger partial charge on any atom is -0.348 e. The van der Waals surface area contributed by atoms with E-state index in [1.165, 1.54) is 28.0 Å². The molecule has 2 N–H and O–H groups in total. The second-order valence-corrected chi connectivity index (χ2v) is 4.94. The topological polar surface area (TPSA) is 81.8 Å². The second-order valence-electron chi connectivity index (χ2n) is 4.94. The van der Waals surface area contributed by atoms with Crippen LogP contribution >= 0.6 is 0 Å². The maximum absolute atomic E-state index is 13.3. The first-order valence-electron chi connectivity index (χ1n) is 6.53. The van der Waals surface area contributed by atoms with Gasteiger partial charge in [-0.1, -0.05) is 12.1 Å². The normalized spacial score (nSPS) is 10.2. The summed E-state index contributed by atoms with van der Waals surface area (Å²) in [6, 6.07) is 4.78. The highest BCUT2D eigenvalue weighted by Gasteiger charge is 2.14. The van der Waals surface area contributed by atoms with Crippen molar-refractivity contribution in [2.45, 2.75) is 0 Å². The first kappa shape index (κ1) is 17.6. The number of nitrogens with one attached hydrogen (secondary N) is 2. The summed E-state index contributed by atoms with van der Waals surface area (Å²) >= 11 is 0. The maximum atomic E-state index is 13.3. The van der Waals surface area contributed by atoms with Gasteiger partial charge in [0.25, 0.3) is 0 Å². The zero-order valence-electron chi connectivity index (χ0n) is 12.7. The molecule has 0 aliphatic carbocycles. The van der Waals surface area contributed by atoms with E-state index in [2.05, 4.69) is 10.6 Å². The SMILES string of the molecule is CN(CC(=O)NC(=O)Nc1ccccc1F)CC(=O)N(C)C. The van der Waals surface area contributed by atoms with Gasteiger partial charge >= 0.3 is 6.03 Å². The Bertz CT molecular complexity index is 563. The van der Waals surface area contributed by atoms with Gasteiger partial charge in [0.05, 0.1) is 18.8 Å². The number of imide groups is 1. The number of para-hydroxylation sites is 1. The molecule has 1 aromatic carbocycles. The summed E-state index contributed by atoms with van der Waals surface area (Å²) in [6.07, 6.45) is 0. The average Bonchev–Trinajstić information content (AvgIpc) is 2.40. The van der Waals surface area contributed by atoms with Crippen molar-refractivity contribution in [1.29, 1.82) is 0 Å². The van der Waals surface area contributed by atoms with Crippen molar-refractivity contribution in [1.82, 2.24) is 15.1 Å². The molecule has 0 spiro atoms. The summed E-state index contributed by atoms with van der Waals surface area (Å²) in [5.74, 6) is -1.35. The first-order chi connectivity index (χ1) is 10.3. The number of carbonyl (C=O) groups excluding carboxylic acids is 3. The lowest BCUT2D eigenvalue weighted by atomic mass is 10.3. The Morgan fingerprint density at radius 3 is 2.32 bits per heavy atom. The van der Waals surface area contributed by atoms with Crippen LogP contribution in [0.15, 0.2) is 24.3 Å². The fourth-order valence-corrected chi connectivity index (χ4v) is 1.56. The number of rotatable bonds is 5. The van der Waals surface area contributed by atoms with Gasteiger partial charge in [0.1, 0.15) is 5.82 Å². The molecule has 0 aliphatic heterocycles. The zero-order chi connectivity index (χ0) is 16.7. The summed E-state index contributed by atoms with van der Waals surface area (Å²) in [5.41, 5.74) is -0.0241. The van der Waals surface area contributed by atoms with E-state index >= 15 is 0 Å². The van der Waals surface area contributed by atoms with Gasteiger partial charge in [-0.05, 0) is 19.2 Å². The Morgan fingerprint density at radius 1 is 1.09 bits per heavy atom. The molecule has 0 aliphatic rings. The molecule has 0 heterocycles. The largest absolute Gasteiger partial charge is 0.348 e. The third-order valence-electron chi connectivity index (χ3n) is 2.69. The lowest BCUT2D eigenvalue weighted by Crippen LogP contribution is -2.43. The van der Waals surface area contributed by atoms with Crippen molar-refractivity contribution in [3.8, 4) is 0 Å². The van der Waals surface area contributed by atoms with Crippen molar-refractivity contribution < 1.29 is 18.8 Å². The van der Waals surface area contributed by atoms with E-state index < -0.39 is 17.8 Å². The number of carbonyl (C=O) groups is 3. The number of nitrogens with zero attached hydrogens (tertiary/aromatic N) is 2. The summed E-state index contributed by atoms with van der Waals surface area (Å²) in [5, 5.41) is 4.30. The third kappa shape index (κ3) is 5.88. The Morgan fingerprint density at radius 2 is 1.73 bits per heavy atom. The molecule has 1 aromatic rings. The Labute approximate surface area is 128 Å². The van der Waals surface area contributed by atoms with Gasteiger partial charge in [-0.2, -0.15) is 0 Å².